The number of hydrogen-bond donors (Lipinski definition) is 6. The smallest absolute Gasteiger partial charge is 0.315 e. The number of aromatic nitrogens is 1. The fourth-order valence-electron chi connectivity index (χ4n) is 5.92. The fraction of sp³-hybridized carbons (Fsp3) is 0.474. The fourth-order valence-corrected chi connectivity index (χ4v) is 8.35. The van der Waals surface area contributed by atoms with Gasteiger partial charge in [-0.05, 0) is 92.3 Å². The second kappa shape index (κ2) is 21.3. The summed E-state index contributed by atoms with van der Waals surface area (Å²) >= 11 is 13.2. The van der Waals surface area contributed by atoms with Crippen LogP contribution < -0.4 is 36.5 Å². The summed E-state index contributed by atoms with van der Waals surface area (Å²) in [5.74, 6) is -1.81. The van der Waals surface area contributed by atoms with Crippen molar-refractivity contribution in [2.24, 2.45) is 22.6 Å². The zero-order valence-electron chi connectivity index (χ0n) is 33.3. The highest BCUT2D eigenvalue weighted by Crippen LogP contribution is 2.30. The SMILES string of the molecule is COc1cc(C)c(S(=O)(=O)NC(N)=NCCC[C@H](NC(=O)[C@@H](NC(=O)[C@H](CC(C)C)NC(=O)NCc2ccc(Cl)c(Cl)c2)C(C)C)C(=O)c2nccs2)c(C)c1C. The lowest BCUT2D eigenvalue weighted by molar-refractivity contribution is -0.131. The number of carbonyl (C=O) groups excluding carboxylic acids is 4. The van der Waals surface area contributed by atoms with Gasteiger partial charge < -0.3 is 31.7 Å². The molecule has 0 unspecified atom stereocenters. The summed E-state index contributed by atoms with van der Waals surface area (Å²) in [6, 6.07) is 2.88. The van der Waals surface area contributed by atoms with Gasteiger partial charge in [-0.1, -0.05) is 57.0 Å². The van der Waals surface area contributed by atoms with Crippen molar-refractivity contribution in [3.05, 3.63) is 73.1 Å². The molecule has 4 amide bonds. The number of benzene rings is 2. The number of halogens is 2. The van der Waals surface area contributed by atoms with Gasteiger partial charge >= 0.3 is 6.03 Å². The van der Waals surface area contributed by atoms with Crippen molar-refractivity contribution in [3.63, 3.8) is 0 Å². The largest absolute Gasteiger partial charge is 0.496 e. The number of sulfonamides is 1. The topological polar surface area (TPSA) is 223 Å². The van der Waals surface area contributed by atoms with Gasteiger partial charge in [0.2, 0.25) is 23.6 Å². The standard InChI is InChI=1S/C38H52Cl2N8O7S2/c1-20(2)16-29(46-38(52)44-19-25-11-12-26(39)27(40)18-25)34(50)47-31(21(3)4)35(51)45-28(32(49)36-42-14-15-56-36)10-9-13-43-37(41)48-57(53,54)33-22(5)17-30(55-8)23(6)24(33)7/h11-12,14-15,17-18,20-21,28-29,31H,9-10,13,16,19H2,1-8H3,(H,45,51)(H,47,50)(H3,41,43,48)(H2,44,46,52)/t28-,29-,31-/m0/s1. The second-order valence-corrected chi connectivity index (χ2v) is 17.6. The van der Waals surface area contributed by atoms with Crippen molar-refractivity contribution >= 4 is 74.2 Å². The molecule has 0 fully saturated rings. The van der Waals surface area contributed by atoms with Crippen molar-refractivity contribution < 1.29 is 32.3 Å². The number of guanidine groups is 1. The monoisotopic (exact) mass is 866 g/mol. The van der Waals surface area contributed by atoms with E-state index in [1.54, 1.807) is 64.3 Å². The highest BCUT2D eigenvalue weighted by molar-refractivity contribution is 7.90. The van der Waals surface area contributed by atoms with Crippen molar-refractivity contribution in [1.29, 1.82) is 0 Å². The summed E-state index contributed by atoms with van der Waals surface area (Å²) in [5, 5.41) is 13.5. The Morgan fingerprint density at radius 3 is 2.25 bits per heavy atom. The van der Waals surface area contributed by atoms with Gasteiger partial charge in [-0.2, -0.15) is 0 Å². The number of nitrogens with one attached hydrogen (secondary N) is 5. The third-order valence-corrected chi connectivity index (χ3v) is 12.1. The third-order valence-electron chi connectivity index (χ3n) is 8.93. The molecule has 0 saturated carbocycles. The minimum atomic E-state index is -4.09. The van der Waals surface area contributed by atoms with Crippen LogP contribution in [0.3, 0.4) is 0 Å². The van der Waals surface area contributed by atoms with Gasteiger partial charge in [0.1, 0.15) is 17.8 Å². The normalized spacial score (nSPS) is 13.4. The van der Waals surface area contributed by atoms with Crippen LogP contribution in [0, 0.1) is 32.6 Å². The molecule has 1 aromatic heterocycles. The Labute approximate surface area is 348 Å². The van der Waals surface area contributed by atoms with Crippen LogP contribution in [0.4, 0.5) is 4.79 Å². The lowest BCUT2D eigenvalue weighted by atomic mass is 9.99. The summed E-state index contributed by atoms with van der Waals surface area (Å²) in [4.78, 5) is 62.2. The number of ether oxygens (including phenoxy) is 1. The van der Waals surface area contributed by atoms with Gasteiger partial charge in [0, 0.05) is 24.7 Å². The summed E-state index contributed by atoms with van der Waals surface area (Å²) in [7, 11) is -2.59. The molecule has 312 valence electrons. The number of amides is 4. The third kappa shape index (κ3) is 13.6. The molecule has 3 atom stereocenters. The molecule has 7 N–H and O–H groups in total. The van der Waals surface area contributed by atoms with Crippen LogP contribution in [0.5, 0.6) is 5.75 Å². The highest BCUT2D eigenvalue weighted by atomic mass is 35.5. The Balaban J connectivity index is 1.70. The first-order chi connectivity index (χ1) is 26.7. The zero-order chi connectivity index (χ0) is 42.6. The molecule has 0 aliphatic heterocycles. The number of aryl methyl sites for hydroxylation is 1. The summed E-state index contributed by atoms with van der Waals surface area (Å²) in [6.07, 6.45) is 2.07. The Hall–Kier alpha value is -4.45. The van der Waals surface area contributed by atoms with Crippen molar-refractivity contribution in [1.82, 2.24) is 31.0 Å². The number of carbonyl (C=O) groups is 4. The number of aliphatic imine (C=N–C) groups is 1. The molecule has 57 heavy (non-hydrogen) atoms. The van der Waals surface area contributed by atoms with Crippen LogP contribution in [-0.2, 0) is 26.2 Å². The number of nitrogens with two attached hydrogens (primary N) is 1. The summed E-state index contributed by atoms with van der Waals surface area (Å²) in [6.45, 7) is 12.5. The van der Waals surface area contributed by atoms with E-state index >= 15 is 0 Å². The van der Waals surface area contributed by atoms with Crippen molar-refractivity contribution in [2.45, 2.75) is 97.3 Å². The predicted octanol–water partition coefficient (Wildman–Crippen LogP) is 5.18. The molecule has 0 aliphatic carbocycles. The average Bonchev–Trinajstić information content (AvgIpc) is 3.68. The molecule has 0 saturated heterocycles. The van der Waals surface area contributed by atoms with Gasteiger partial charge in [-0.25, -0.2) is 22.9 Å². The number of hydrogen-bond acceptors (Lipinski definition) is 10. The van der Waals surface area contributed by atoms with Gasteiger partial charge in [-0.3, -0.25) is 19.4 Å². The van der Waals surface area contributed by atoms with E-state index in [1.165, 1.54) is 13.3 Å². The Morgan fingerprint density at radius 2 is 1.65 bits per heavy atom. The van der Waals surface area contributed by atoms with Gasteiger partial charge in [-0.15, -0.1) is 11.3 Å². The molecule has 3 rings (SSSR count). The van der Waals surface area contributed by atoms with Crippen molar-refractivity contribution in [2.75, 3.05) is 13.7 Å². The second-order valence-electron chi connectivity index (χ2n) is 14.2. The average molecular weight is 868 g/mol. The van der Waals surface area contributed by atoms with Crippen LogP contribution in [0.15, 0.2) is 45.7 Å². The van der Waals surface area contributed by atoms with Crippen LogP contribution >= 0.6 is 34.5 Å². The van der Waals surface area contributed by atoms with Gasteiger partial charge in [0.05, 0.1) is 28.1 Å². The van der Waals surface area contributed by atoms with E-state index in [2.05, 4.69) is 36.0 Å². The van der Waals surface area contributed by atoms with E-state index in [0.717, 1.165) is 11.3 Å². The highest BCUT2D eigenvalue weighted by Gasteiger charge is 2.32. The molecular weight excluding hydrogens is 816 g/mol. The Bertz CT molecular complexity index is 2040. The number of ketones is 1. The number of urea groups is 1. The lowest BCUT2D eigenvalue weighted by Crippen LogP contribution is -2.58. The van der Waals surface area contributed by atoms with E-state index in [-0.39, 0.29) is 54.1 Å². The number of Topliss-reactive ketones (excluding diaryl/α,β-unsaturated/α-hetero) is 1. The zero-order valence-corrected chi connectivity index (χ0v) is 36.4. The van der Waals surface area contributed by atoms with Gasteiger partial charge in [0.15, 0.2) is 5.01 Å². The number of rotatable bonds is 19. The number of thiazole rings is 1. The first kappa shape index (κ1) is 46.9. The van der Waals surface area contributed by atoms with E-state index in [0.29, 0.717) is 38.0 Å². The van der Waals surface area contributed by atoms with Crippen LogP contribution in [0.25, 0.3) is 0 Å². The first-order valence-corrected chi connectivity index (χ1v) is 21.4. The summed E-state index contributed by atoms with van der Waals surface area (Å²) in [5.41, 5.74) is 8.35. The minimum Gasteiger partial charge on any atom is -0.496 e. The Morgan fingerprint density at radius 1 is 0.947 bits per heavy atom. The molecule has 15 nitrogen and oxygen atoms in total. The van der Waals surface area contributed by atoms with E-state index in [1.807, 2.05) is 13.8 Å². The van der Waals surface area contributed by atoms with Crippen LogP contribution in [0.2, 0.25) is 10.0 Å². The summed E-state index contributed by atoms with van der Waals surface area (Å²) < 4.78 is 34.2. The molecule has 1 heterocycles. The van der Waals surface area contributed by atoms with Crippen LogP contribution in [0.1, 0.15) is 79.0 Å². The van der Waals surface area contributed by atoms with E-state index < -0.39 is 57.7 Å². The van der Waals surface area contributed by atoms with Gasteiger partial charge in [0.25, 0.3) is 10.0 Å². The molecule has 3 aromatic rings. The molecular formula is C38H52Cl2N8O7S2. The van der Waals surface area contributed by atoms with E-state index in [9.17, 15) is 27.6 Å². The molecule has 0 spiro atoms. The molecule has 0 radical (unpaired) electrons. The first-order valence-electron chi connectivity index (χ1n) is 18.3. The maximum absolute atomic E-state index is 13.8. The lowest BCUT2D eigenvalue weighted by Gasteiger charge is -2.27. The minimum absolute atomic E-state index is 0.00891. The number of nitrogens with zero attached hydrogens (tertiary/aromatic N) is 2. The van der Waals surface area contributed by atoms with E-state index in [4.69, 9.17) is 33.7 Å². The maximum Gasteiger partial charge on any atom is 0.315 e. The predicted molar refractivity (Wildman–Crippen MR) is 223 cm³/mol. The quantitative estimate of drug-likeness (QED) is 0.0404. The van der Waals surface area contributed by atoms with Crippen LogP contribution in [-0.4, -0.2) is 74.8 Å². The Kier molecular flexibility index (Phi) is 17.6. The molecule has 2 aromatic carbocycles. The van der Waals surface area contributed by atoms with Crippen molar-refractivity contribution in [3.8, 4) is 5.75 Å². The molecule has 19 heteroatoms. The number of methoxy groups -OCH3 is 1. The molecule has 0 aliphatic rings. The maximum atomic E-state index is 13.8. The molecule has 0 bridgehead atoms.